The number of benzene rings is 1. The fourth-order valence-corrected chi connectivity index (χ4v) is 2.90. The molecule has 2 rings (SSSR count). The van der Waals surface area contributed by atoms with Crippen LogP contribution in [-0.2, 0) is 0 Å². The molecule has 1 aromatic heterocycles. The van der Waals surface area contributed by atoms with Gasteiger partial charge in [-0.05, 0) is 40.8 Å². The van der Waals surface area contributed by atoms with Gasteiger partial charge in [-0.1, -0.05) is 35.0 Å². The standard InChI is InChI=1S/C10H5Cl2IN2OS/c11-6-2-1-5(3-7(6)12)17-10-8(13)9(16)14-4-15-10/h1-4H,(H,14,15,16). The van der Waals surface area contributed by atoms with Gasteiger partial charge in [-0.25, -0.2) is 4.98 Å². The predicted octanol–water partition coefficient (Wildman–Crippen LogP) is 3.83. The van der Waals surface area contributed by atoms with Gasteiger partial charge < -0.3 is 4.98 Å². The highest BCUT2D eigenvalue weighted by Gasteiger charge is 2.08. The molecule has 17 heavy (non-hydrogen) atoms. The summed E-state index contributed by atoms with van der Waals surface area (Å²) in [7, 11) is 0. The summed E-state index contributed by atoms with van der Waals surface area (Å²) in [6.45, 7) is 0. The molecule has 3 nitrogen and oxygen atoms in total. The maximum Gasteiger partial charge on any atom is 0.265 e. The van der Waals surface area contributed by atoms with Gasteiger partial charge >= 0.3 is 0 Å². The minimum atomic E-state index is -0.150. The average molecular weight is 399 g/mol. The number of aromatic amines is 1. The van der Waals surface area contributed by atoms with Gasteiger partial charge in [0.2, 0.25) is 0 Å². The predicted molar refractivity (Wildman–Crippen MR) is 78.2 cm³/mol. The number of nitrogens with zero attached hydrogens (tertiary/aromatic N) is 1. The van der Waals surface area contributed by atoms with E-state index in [1.807, 2.05) is 28.7 Å². The van der Waals surface area contributed by atoms with Gasteiger partial charge in [-0.3, -0.25) is 4.79 Å². The molecule has 0 aliphatic rings. The second-order valence-electron chi connectivity index (χ2n) is 3.03. The van der Waals surface area contributed by atoms with Crippen molar-refractivity contribution in [1.82, 2.24) is 9.97 Å². The van der Waals surface area contributed by atoms with Gasteiger partial charge in [-0.15, -0.1) is 0 Å². The van der Waals surface area contributed by atoms with Gasteiger partial charge in [0, 0.05) is 4.90 Å². The first-order valence-electron chi connectivity index (χ1n) is 4.44. The molecular weight excluding hydrogens is 394 g/mol. The fourth-order valence-electron chi connectivity index (χ4n) is 1.09. The van der Waals surface area contributed by atoms with Crippen LogP contribution in [0.4, 0.5) is 0 Å². The van der Waals surface area contributed by atoms with Gasteiger partial charge in [0.1, 0.15) is 8.60 Å². The van der Waals surface area contributed by atoms with E-state index in [4.69, 9.17) is 23.2 Å². The van der Waals surface area contributed by atoms with Gasteiger partial charge in [0.25, 0.3) is 5.56 Å². The fraction of sp³-hybridized carbons (Fsp3) is 0. The first-order chi connectivity index (χ1) is 8.08. The number of halogens is 3. The molecule has 0 aliphatic carbocycles. The Balaban J connectivity index is 2.35. The van der Waals surface area contributed by atoms with E-state index in [0.29, 0.717) is 18.6 Å². The Morgan fingerprint density at radius 3 is 2.76 bits per heavy atom. The molecule has 2 aromatic rings. The summed E-state index contributed by atoms with van der Waals surface area (Å²) < 4.78 is 0.557. The number of rotatable bonds is 2. The molecule has 0 bridgehead atoms. The average Bonchev–Trinajstić information content (AvgIpc) is 2.30. The van der Waals surface area contributed by atoms with Crippen LogP contribution >= 0.6 is 57.6 Å². The second kappa shape index (κ2) is 5.60. The molecular formula is C10H5Cl2IN2OS. The molecule has 1 heterocycles. The van der Waals surface area contributed by atoms with E-state index in [1.54, 1.807) is 12.1 Å². The van der Waals surface area contributed by atoms with Crippen LogP contribution in [-0.4, -0.2) is 9.97 Å². The van der Waals surface area contributed by atoms with Crippen molar-refractivity contribution in [3.8, 4) is 0 Å². The van der Waals surface area contributed by atoms with Crippen molar-refractivity contribution in [2.75, 3.05) is 0 Å². The lowest BCUT2D eigenvalue weighted by molar-refractivity contribution is 0.988. The van der Waals surface area contributed by atoms with E-state index in [-0.39, 0.29) is 5.56 Å². The molecule has 0 amide bonds. The molecule has 7 heteroatoms. The zero-order valence-corrected chi connectivity index (χ0v) is 12.7. The van der Waals surface area contributed by atoms with Crippen LogP contribution in [0.1, 0.15) is 0 Å². The Morgan fingerprint density at radius 1 is 1.29 bits per heavy atom. The Kier molecular flexibility index (Phi) is 4.35. The highest BCUT2D eigenvalue weighted by Crippen LogP contribution is 2.32. The SMILES string of the molecule is O=c1[nH]cnc(Sc2ccc(Cl)c(Cl)c2)c1I. The molecule has 0 unspecified atom stereocenters. The van der Waals surface area contributed by atoms with E-state index >= 15 is 0 Å². The quantitative estimate of drug-likeness (QED) is 0.617. The number of H-pyrrole nitrogens is 1. The Hall–Kier alpha value is -0.240. The van der Waals surface area contributed by atoms with Crippen LogP contribution in [0.25, 0.3) is 0 Å². The zero-order chi connectivity index (χ0) is 12.4. The first kappa shape index (κ1) is 13.2. The van der Waals surface area contributed by atoms with Gasteiger partial charge in [0.15, 0.2) is 0 Å². The molecule has 0 saturated heterocycles. The van der Waals surface area contributed by atoms with Crippen LogP contribution in [0.3, 0.4) is 0 Å². The molecule has 0 fully saturated rings. The van der Waals surface area contributed by atoms with Crippen molar-refractivity contribution in [3.63, 3.8) is 0 Å². The van der Waals surface area contributed by atoms with Crippen molar-refractivity contribution in [2.45, 2.75) is 9.92 Å². The van der Waals surface area contributed by atoms with E-state index in [0.717, 1.165) is 4.90 Å². The first-order valence-corrected chi connectivity index (χ1v) is 7.09. The summed E-state index contributed by atoms with van der Waals surface area (Å²) in [4.78, 5) is 18.9. The normalized spacial score (nSPS) is 10.5. The molecule has 1 aromatic carbocycles. The van der Waals surface area contributed by atoms with Crippen molar-refractivity contribution < 1.29 is 0 Å². The number of hydrogen-bond donors (Lipinski definition) is 1. The number of aromatic nitrogens is 2. The second-order valence-corrected chi connectivity index (χ2v) is 5.98. The summed E-state index contributed by atoms with van der Waals surface area (Å²) in [5, 5.41) is 1.63. The minimum Gasteiger partial charge on any atom is -0.312 e. The topological polar surface area (TPSA) is 45.8 Å². The van der Waals surface area contributed by atoms with E-state index in [2.05, 4.69) is 9.97 Å². The third-order valence-corrected chi connectivity index (χ3v) is 4.97. The monoisotopic (exact) mass is 398 g/mol. The number of hydrogen-bond acceptors (Lipinski definition) is 3. The largest absolute Gasteiger partial charge is 0.312 e. The molecule has 0 radical (unpaired) electrons. The lowest BCUT2D eigenvalue weighted by atomic mass is 10.4. The van der Waals surface area contributed by atoms with E-state index < -0.39 is 0 Å². The third-order valence-electron chi connectivity index (χ3n) is 1.87. The minimum absolute atomic E-state index is 0.150. The van der Waals surface area contributed by atoms with Crippen LogP contribution in [0.15, 0.2) is 39.2 Å². The molecule has 1 N–H and O–H groups in total. The third kappa shape index (κ3) is 3.15. The summed E-state index contributed by atoms with van der Waals surface area (Å²) in [5.74, 6) is 0. The van der Waals surface area contributed by atoms with Crippen LogP contribution in [0.5, 0.6) is 0 Å². The molecule has 0 atom stereocenters. The van der Waals surface area contributed by atoms with E-state index in [1.165, 1.54) is 18.1 Å². The Bertz CT molecular complexity index is 617. The molecule has 0 aliphatic heterocycles. The van der Waals surface area contributed by atoms with Crippen molar-refractivity contribution >= 4 is 57.6 Å². The Morgan fingerprint density at radius 2 is 2.06 bits per heavy atom. The zero-order valence-electron chi connectivity index (χ0n) is 8.21. The molecule has 88 valence electrons. The lowest BCUT2D eigenvalue weighted by Crippen LogP contribution is -2.10. The van der Waals surface area contributed by atoms with Crippen LogP contribution in [0, 0.1) is 3.57 Å². The molecule has 0 saturated carbocycles. The maximum absolute atomic E-state index is 11.4. The summed E-state index contributed by atoms with van der Waals surface area (Å²) in [6, 6.07) is 5.29. The highest BCUT2D eigenvalue weighted by atomic mass is 127. The molecule has 0 spiro atoms. The van der Waals surface area contributed by atoms with E-state index in [9.17, 15) is 4.79 Å². The Labute approximate surface area is 125 Å². The maximum atomic E-state index is 11.4. The van der Waals surface area contributed by atoms with Crippen molar-refractivity contribution in [1.29, 1.82) is 0 Å². The smallest absolute Gasteiger partial charge is 0.265 e. The van der Waals surface area contributed by atoms with Gasteiger partial charge in [-0.2, -0.15) is 0 Å². The summed E-state index contributed by atoms with van der Waals surface area (Å²) in [5.41, 5.74) is -0.150. The van der Waals surface area contributed by atoms with Crippen molar-refractivity contribution in [3.05, 3.63) is 48.5 Å². The van der Waals surface area contributed by atoms with Crippen LogP contribution < -0.4 is 5.56 Å². The van der Waals surface area contributed by atoms with Crippen molar-refractivity contribution in [2.24, 2.45) is 0 Å². The van der Waals surface area contributed by atoms with Gasteiger partial charge in [0.05, 0.1) is 16.4 Å². The summed E-state index contributed by atoms with van der Waals surface area (Å²) in [6.07, 6.45) is 1.38. The number of nitrogens with one attached hydrogen (secondary N) is 1. The lowest BCUT2D eigenvalue weighted by Gasteiger charge is -2.03. The van der Waals surface area contributed by atoms with Crippen LogP contribution in [0.2, 0.25) is 10.0 Å². The highest BCUT2D eigenvalue weighted by molar-refractivity contribution is 14.1. The summed E-state index contributed by atoms with van der Waals surface area (Å²) >= 11 is 15.1.